The van der Waals surface area contributed by atoms with Crippen molar-refractivity contribution in [2.75, 3.05) is 0 Å². The van der Waals surface area contributed by atoms with Gasteiger partial charge < -0.3 is 4.57 Å². The second-order valence-corrected chi connectivity index (χ2v) is 5.56. The molecule has 0 N–H and O–H groups in total. The van der Waals surface area contributed by atoms with Crippen LogP contribution in [0.25, 0.3) is 33.3 Å². The van der Waals surface area contributed by atoms with Crippen molar-refractivity contribution in [3.8, 4) is 22.4 Å². The molecule has 3 aromatic carbocycles. The molecule has 22 heavy (non-hydrogen) atoms. The summed E-state index contributed by atoms with van der Waals surface area (Å²) >= 11 is 0. The molecular weight excluding hydrogens is 266 g/mol. The highest BCUT2D eigenvalue weighted by Gasteiger charge is 2.11. The molecule has 0 unspecified atom stereocenters. The minimum Gasteiger partial charge on any atom is -0.344 e. The zero-order valence-electron chi connectivity index (χ0n) is 12.5. The third kappa shape index (κ3) is 2.03. The van der Waals surface area contributed by atoms with Crippen molar-refractivity contribution in [2.24, 2.45) is 7.05 Å². The molecule has 0 aliphatic carbocycles. The summed E-state index contributed by atoms with van der Waals surface area (Å²) < 4.78 is 2.27. The van der Waals surface area contributed by atoms with Crippen LogP contribution in [0.1, 0.15) is 0 Å². The summed E-state index contributed by atoms with van der Waals surface area (Å²) in [4.78, 5) is 0. The molecule has 106 valence electrons. The van der Waals surface area contributed by atoms with Crippen molar-refractivity contribution in [3.63, 3.8) is 0 Å². The number of hydrogen-bond acceptors (Lipinski definition) is 0. The first kappa shape index (κ1) is 12.9. The number of benzene rings is 3. The SMILES string of the molecule is Cn1c(-c2ccccc2)cc2c(-c3ccccc3)cccc21. The largest absolute Gasteiger partial charge is 0.344 e. The number of hydrogen-bond donors (Lipinski definition) is 0. The Morgan fingerprint density at radius 1 is 0.636 bits per heavy atom. The van der Waals surface area contributed by atoms with E-state index in [9.17, 15) is 0 Å². The molecule has 0 spiro atoms. The van der Waals surface area contributed by atoms with Crippen molar-refractivity contribution in [1.82, 2.24) is 4.57 Å². The first-order chi connectivity index (χ1) is 10.8. The summed E-state index contributed by atoms with van der Waals surface area (Å²) in [6.45, 7) is 0. The first-order valence-electron chi connectivity index (χ1n) is 7.54. The Balaban J connectivity index is 1.99. The minimum atomic E-state index is 1.25. The maximum atomic E-state index is 2.30. The Hall–Kier alpha value is -2.80. The van der Waals surface area contributed by atoms with Crippen LogP contribution in [0, 0.1) is 0 Å². The second kappa shape index (κ2) is 5.19. The second-order valence-electron chi connectivity index (χ2n) is 5.56. The smallest absolute Gasteiger partial charge is 0.0488 e. The summed E-state index contributed by atoms with van der Waals surface area (Å²) in [6.07, 6.45) is 0. The van der Waals surface area contributed by atoms with E-state index in [0.29, 0.717) is 0 Å². The molecule has 0 saturated carbocycles. The lowest BCUT2D eigenvalue weighted by Crippen LogP contribution is -1.90. The summed E-state index contributed by atoms with van der Waals surface area (Å²) in [5, 5.41) is 1.30. The molecule has 0 radical (unpaired) electrons. The fourth-order valence-electron chi connectivity index (χ4n) is 3.12. The highest BCUT2D eigenvalue weighted by molar-refractivity contribution is 5.98. The van der Waals surface area contributed by atoms with Crippen LogP contribution in [-0.4, -0.2) is 4.57 Å². The molecule has 0 bridgehead atoms. The van der Waals surface area contributed by atoms with E-state index >= 15 is 0 Å². The van der Waals surface area contributed by atoms with Gasteiger partial charge in [-0.05, 0) is 28.8 Å². The molecule has 1 aromatic heterocycles. The molecule has 1 nitrogen and oxygen atoms in total. The molecule has 0 aliphatic heterocycles. The summed E-state index contributed by atoms with van der Waals surface area (Å²) in [5.74, 6) is 0. The van der Waals surface area contributed by atoms with Gasteiger partial charge >= 0.3 is 0 Å². The van der Waals surface area contributed by atoms with Gasteiger partial charge in [0.15, 0.2) is 0 Å². The predicted molar refractivity (Wildman–Crippen MR) is 93.8 cm³/mol. The van der Waals surface area contributed by atoms with E-state index in [2.05, 4.69) is 96.5 Å². The van der Waals surface area contributed by atoms with Crippen molar-refractivity contribution in [3.05, 3.63) is 84.9 Å². The molecule has 0 atom stereocenters. The monoisotopic (exact) mass is 283 g/mol. The van der Waals surface area contributed by atoms with Crippen LogP contribution < -0.4 is 0 Å². The Kier molecular flexibility index (Phi) is 3.05. The average Bonchev–Trinajstić information content (AvgIpc) is 2.94. The van der Waals surface area contributed by atoms with Gasteiger partial charge in [0, 0.05) is 23.6 Å². The summed E-state index contributed by atoms with van der Waals surface area (Å²) in [5.41, 5.74) is 6.31. The Bertz CT molecular complexity index is 918. The fraction of sp³-hybridized carbons (Fsp3) is 0.0476. The standard InChI is InChI=1S/C21H17N/c1-22-20-14-8-13-18(16-9-4-2-5-10-16)19(20)15-21(22)17-11-6-3-7-12-17/h2-15H,1H3. The lowest BCUT2D eigenvalue weighted by Gasteiger charge is -2.05. The molecular formula is C21H17N. The van der Waals surface area contributed by atoms with Crippen LogP contribution in [-0.2, 0) is 7.05 Å². The van der Waals surface area contributed by atoms with Gasteiger partial charge in [0.25, 0.3) is 0 Å². The third-order valence-electron chi connectivity index (χ3n) is 4.24. The van der Waals surface area contributed by atoms with Crippen molar-refractivity contribution in [2.45, 2.75) is 0 Å². The van der Waals surface area contributed by atoms with E-state index < -0.39 is 0 Å². The van der Waals surface area contributed by atoms with Gasteiger partial charge in [-0.1, -0.05) is 72.8 Å². The highest BCUT2D eigenvalue weighted by atomic mass is 14.9. The number of aromatic nitrogens is 1. The number of fused-ring (bicyclic) bond motifs is 1. The molecule has 0 aliphatic rings. The number of rotatable bonds is 2. The predicted octanol–water partition coefficient (Wildman–Crippen LogP) is 5.51. The van der Waals surface area contributed by atoms with Crippen molar-refractivity contribution < 1.29 is 0 Å². The Morgan fingerprint density at radius 2 is 1.27 bits per heavy atom. The van der Waals surface area contributed by atoms with E-state index in [1.165, 1.54) is 33.3 Å². The molecule has 0 amide bonds. The lowest BCUT2D eigenvalue weighted by molar-refractivity contribution is 0.978. The quantitative estimate of drug-likeness (QED) is 0.457. The minimum absolute atomic E-state index is 1.25. The van der Waals surface area contributed by atoms with Crippen LogP contribution in [0.4, 0.5) is 0 Å². The van der Waals surface area contributed by atoms with Gasteiger partial charge in [-0.15, -0.1) is 0 Å². The molecule has 4 aromatic rings. The Morgan fingerprint density at radius 3 is 1.95 bits per heavy atom. The highest BCUT2D eigenvalue weighted by Crippen LogP contribution is 2.33. The van der Waals surface area contributed by atoms with Crippen LogP contribution in [0.15, 0.2) is 84.9 Å². The van der Waals surface area contributed by atoms with Crippen molar-refractivity contribution >= 4 is 10.9 Å². The average molecular weight is 283 g/mol. The van der Waals surface area contributed by atoms with Gasteiger partial charge in [0.1, 0.15) is 0 Å². The van der Waals surface area contributed by atoms with Crippen molar-refractivity contribution in [1.29, 1.82) is 0 Å². The van der Waals surface area contributed by atoms with Crippen LogP contribution in [0.2, 0.25) is 0 Å². The molecule has 1 heterocycles. The van der Waals surface area contributed by atoms with Gasteiger partial charge in [-0.2, -0.15) is 0 Å². The maximum Gasteiger partial charge on any atom is 0.0488 e. The normalized spacial score (nSPS) is 11.0. The molecule has 0 fully saturated rings. The zero-order valence-corrected chi connectivity index (χ0v) is 12.5. The van der Waals surface area contributed by atoms with E-state index in [1.54, 1.807) is 0 Å². The van der Waals surface area contributed by atoms with Crippen LogP contribution in [0.5, 0.6) is 0 Å². The zero-order chi connectivity index (χ0) is 14.9. The number of aryl methyl sites for hydroxylation is 1. The van der Waals surface area contributed by atoms with E-state index in [-0.39, 0.29) is 0 Å². The van der Waals surface area contributed by atoms with Gasteiger partial charge in [-0.3, -0.25) is 0 Å². The third-order valence-corrected chi connectivity index (χ3v) is 4.24. The molecule has 0 saturated heterocycles. The number of nitrogens with zero attached hydrogens (tertiary/aromatic N) is 1. The summed E-state index contributed by atoms with van der Waals surface area (Å²) in [6, 6.07) is 30.0. The summed E-state index contributed by atoms with van der Waals surface area (Å²) in [7, 11) is 2.14. The van der Waals surface area contributed by atoms with Gasteiger partial charge in [0.05, 0.1) is 0 Å². The van der Waals surface area contributed by atoms with E-state index in [0.717, 1.165) is 0 Å². The maximum absolute atomic E-state index is 2.30. The van der Waals surface area contributed by atoms with Gasteiger partial charge in [-0.25, -0.2) is 0 Å². The van der Waals surface area contributed by atoms with Gasteiger partial charge in [0.2, 0.25) is 0 Å². The first-order valence-corrected chi connectivity index (χ1v) is 7.54. The van der Waals surface area contributed by atoms with E-state index in [4.69, 9.17) is 0 Å². The molecule has 1 heteroatoms. The topological polar surface area (TPSA) is 4.93 Å². The fourth-order valence-corrected chi connectivity index (χ4v) is 3.12. The lowest BCUT2D eigenvalue weighted by atomic mass is 10.0. The Labute approximate surface area is 130 Å². The van der Waals surface area contributed by atoms with Crippen LogP contribution >= 0.6 is 0 Å². The van der Waals surface area contributed by atoms with Crippen LogP contribution in [0.3, 0.4) is 0 Å². The van der Waals surface area contributed by atoms with E-state index in [1.807, 2.05) is 0 Å². The molecule has 4 rings (SSSR count).